The molecule has 0 fully saturated rings. The molecule has 0 atom stereocenters. The van der Waals surface area contributed by atoms with Crippen LogP contribution in [0, 0.1) is 0 Å². The molecule has 312 valence electrons. The van der Waals surface area contributed by atoms with Gasteiger partial charge in [-0.25, -0.2) is 0 Å². The standard InChI is InChI=1S/C61H50BN3/c1-60(2,3)43-30-32-47(33-31-43)65-56-39-42(41-20-10-6-11-21-41)38-51-58(56)62(53-36-37-55-57(59(53)65)49-28-18-19-29-54(49)64(55)46-26-16-9-17-27-46)52-35-34-48(40-50(52)61(51,4)5)63(44-22-12-7-13-23-44)45-24-14-8-15-25-45/h6-40H,1-5H3. The Hall–Kier alpha value is -7.56. The lowest BCUT2D eigenvalue weighted by Crippen LogP contribution is -2.64. The molecule has 65 heavy (non-hydrogen) atoms. The highest BCUT2D eigenvalue weighted by Gasteiger charge is 2.47. The molecular formula is C61H50BN3. The Balaban J connectivity index is 1.20. The molecule has 0 unspecified atom stereocenters. The summed E-state index contributed by atoms with van der Waals surface area (Å²) in [5.41, 5.74) is 20.8. The van der Waals surface area contributed by atoms with Crippen LogP contribution in [0.2, 0.25) is 0 Å². The van der Waals surface area contributed by atoms with Gasteiger partial charge in [-0.3, -0.25) is 0 Å². The molecule has 2 aliphatic heterocycles. The molecule has 2 aliphatic rings. The summed E-state index contributed by atoms with van der Waals surface area (Å²) in [5.74, 6) is 0. The maximum absolute atomic E-state index is 2.62. The lowest BCUT2D eigenvalue weighted by atomic mass is 9.30. The SMILES string of the molecule is CC(C)(C)c1ccc(N2c3cc(-c4ccccc4)cc4c3B(c3ccc(N(c5ccccc5)c5ccccc5)cc3C4(C)C)c3ccc4c(c32)c2ccccc2n4-c2ccccc2)cc1. The first-order valence-electron chi connectivity index (χ1n) is 23.0. The van der Waals surface area contributed by atoms with Crippen LogP contribution < -0.4 is 26.2 Å². The van der Waals surface area contributed by atoms with E-state index in [4.69, 9.17) is 0 Å². The molecule has 0 saturated heterocycles. The molecular weight excluding hydrogens is 786 g/mol. The number of fused-ring (bicyclic) bond motifs is 8. The Morgan fingerprint density at radius 1 is 0.477 bits per heavy atom. The molecule has 9 aromatic carbocycles. The number of benzene rings is 9. The second-order valence-electron chi connectivity index (χ2n) is 19.4. The van der Waals surface area contributed by atoms with E-state index in [9.17, 15) is 0 Å². The van der Waals surface area contributed by atoms with Gasteiger partial charge in [-0.05, 0) is 123 Å². The minimum atomic E-state index is -0.345. The number of aromatic nitrogens is 1. The first-order chi connectivity index (χ1) is 31.7. The van der Waals surface area contributed by atoms with E-state index in [1.165, 1.54) is 77.4 Å². The Morgan fingerprint density at radius 2 is 1.08 bits per heavy atom. The second-order valence-corrected chi connectivity index (χ2v) is 19.4. The molecule has 0 spiro atoms. The van der Waals surface area contributed by atoms with Gasteiger partial charge >= 0.3 is 0 Å². The lowest BCUT2D eigenvalue weighted by Gasteiger charge is -2.46. The smallest absolute Gasteiger partial charge is 0.247 e. The summed E-state index contributed by atoms with van der Waals surface area (Å²) >= 11 is 0. The van der Waals surface area contributed by atoms with Crippen molar-refractivity contribution < 1.29 is 0 Å². The summed E-state index contributed by atoms with van der Waals surface area (Å²) in [4.78, 5) is 5.02. The number of anilines is 6. The summed E-state index contributed by atoms with van der Waals surface area (Å²) in [5, 5.41) is 2.51. The zero-order valence-corrected chi connectivity index (χ0v) is 37.6. The Bertz CT molecular complexity index is 3380. The van der Waals surface area contributed by atoms with Crippen molar-refractivity contribution >= 4 is 79.0 Å². The van der Waals surface area contributed by atoms with E-state index in [0.717, 1.165) is 28.4 Å². The van der Waals surface area contributed by atoms with Crippen molar-refractivity contribution in [2.24, 2.45) is 0 Å². The third kappa shape index (κ3) is 6.11. The van der Waals surface area contributed by atoms with Crippen LogP contribution in [0.15, 0.2) is 212 Å². The van der Waals surface area contributed by atoms with E-state index < -0.39 is 0 Å². The van der Waals surface area contributed by atoms with Gasteiger partial charge in [0.15, 0.2) is 0 Å². The molecule has 0 bridgehead atoms. The molecule has 10 aromatic rings. The Labute approximate surface area is 382 Å². The monoisotopic (exact) mass is 835 g/mol. The fourth-order valence-corrected chi connectivity index (χ4v) is 11.0. The van der Waals surface area contributed by atoms with Gasteiger partial charge in [0.05, 0.1) is 16.7 Å². The highest BCUT2D eigenvalue weighted by atomic mass is 15.2. The molecule has 0 N–H and O–H groups in total. The van der Waals surface area contributed by atoms with Crippen molar-refractivity contribution in [3.8, 4) is 16.8 Å². The number of hydrogen-bond donors (Lipinski definition) is 0. The predicted octanol–water partition coefficient (Wildman–Crippen LogP) is 14.2. The van der Waals surface area contributed by atoms with Gasteiger partial charge in [-0.1, -0.05) is 174 Å². The fourth-order valence-electron chi connectivity index (χ4n) is 11.0. The second kappa shape index (κ2) is 14.8. The average molecular weight is 836 g/mol. The van der Waals surface area contributed by atoms with Crippen LogP contribution in [0.3, 0.4) is 0 Å². The van der Waals surface area contributed by atoms with E-state index in [1.54, 1.807) is 0 Å². The van der Waals surface area contributed by atoms with E-state index in [1.807, 2.05) is 0 Å². The van der Waals surface area contributed by atoms with Crippen molar-refractivity contribution in [1.29, 1.82) is 0 Å². The minimum absolute atomic E-state index is 0.00728. The summed E-state index contributed by atoms with van der Waals surface area (Å²) in [6.45, 7) is 11.8. The minimum Gasteiger partial charge on any atom is -0.311 e. The van der Waals surface area contributed by atoms with Crippen molar-refractivity contribution in [3.05, 3.63) is 229 Å². The van der Waals surface area contributed by atoms with E-state index in [2.05, 4.69) is 261 Å². The molecule has 0 radical (unpaired) electrons. The quantitative estimate of drug-likeness (QED) is 0.155. The fraction of sp³-hybridized carbons (Fsp3) is 0.115. The number of rotatable bonds is 6. The number of para-hydroxylation sites is 4. The molecule has 4 heteroatoms. The highest BCUT2D eigenvalue weighted by Crippen LogP contribution is 2.49. The molecule has 3 nitrogen and oxygen atoms in total. The third-order valence-electron chi connectivity index (χ3n) is 14.2. The van der Waals surface area contributed by atoms with Gasteiger partial charge in [-0.15, -0.1) is 0 Å². The largest absolute Gasteiger partial charge is 0.311 e. The molecule has 12 rings (SSSR count). The van der Waals surface area contributed by atoms with Crippen LogP contribution in [0.1, 0.15) is 51.3 Å². The van der Waals surface area contributed by atoms with Gasteiger partial charge in [0, 0.05) is 50.3 Å². The van der Waals surface area contributed by atoms with Gasteiger partial charge in [0.25, 0.3) is 0 Å². The first-order valence-corrected chi connectivity index (χ1v) is 23.0. The van der Waals surface area contributed by atoms with E-state index in [0.29, 0.717) is 0 Å². The van der Waals surface area contributed by atoms with Crippen molar-refractivity contribution in [2.75, 3.05) is 9.80 Å². The number of nitrogens with zero attached hydrogens (tertiary/aromatic N) is 3. The number of hydrogen-bond acceptors (Lipinski definition) is 2. The summed E-state index contributed by atoms with van der Waals surface area (Å²) in [6, 6.07) is 78.9. The van der Waals surface area contributed by atoms with Crippen molar-refractivity contribution in [2.45, 2.75) is 45.4 Å². The lowest BCUT2D eigenvalue weighted by molar-refractivity contribution is 0.590. The normalized spacial score (nSPS) is 13.7. The zero-order valence-electron chi connectivity index (χ0n) is 37.6. The first kappa shape index (κ1) is 39.1. The average Bonchev–Trinajstić information content (AvgIpc) is 3.68. The molecule has 0 aliphatic carbocycles. The topological polar surface area (TPSA) is 11.4 Å². The van der Waals surface area contributed by atoms with Crippen LogP contribution in [0.4, 0.5) is 34.1 Å². The van der Waals surface area contributed by atoms with Gasteiger partial charge < -0.3 is 14.4 Å². The van der Waals surface area contributed by atoms with Crippen LogP contribution in [0.25, 0.3) is 38.6 Å². The third-order valence-corrected chi connectivity index (χ3v) is 14.2. The van der Waals surface area contributed by atoms with Crippen molar-refractivity contribution in [3.63, 3.8) is 0 Å². The summed E-state index contributed by atoms with van der Waals surface area (Å²) < 4.78 is 2.46. The van der Waals surface area contributed by atoms with E-state index >= 15 is 0 Å². The molecule has 1 aromatic heterocycles. The van der Waals surface area contributed by atoms with E-state index in [-0.39, 0.29) is 17.5 Å². The maximum atomic E-state index is 2.62. The van der Waals surface area contributed by atoms with Gasteiger partial charge in [-0.2, -0.15) is 0 Å². The molecule has 0 saturated carbocycles. The zero-order chi connectivity index (χ0) is 44.0. The highest BCUT2D eigenvalue weighted by molar-refractivity contribution is 6.99. The Morgan fingerprint density at radius 3 is 1.74 bits per heavy atom. The predicted molar refractivity (Wildman–Crippen MR) is 278 cm³/mol. The Kier molecular flexibility index (Phi) is 8.87. The molecule has 3 heterocycles. The van der Waals surface area contributed by atoms with Crippen LogP contribution >= 0.6 is 0 Å². The van der Waals surface area contributed by atoms with Crippen molar-refractivity contribution in [1.82, 2.24) is 4.57 Å². The van der Waals surface area contributed by atoms with Gasteiger partial charge in [0.2, 0.25) is 6.71 Å². The summed E-state index contributed by atoms with van der Waals surface area (Å²) in [7, 11) is 0. The van der Waals surface area contributed by atoms with Crippen LogP contribution in [0.5, 0.6) is 0 Å². The maximum Gasteiger partial charge on any atom is 0.247 e. The van der Waals surface area contributed by atoms with Crippen LogP contribution in [-0.4, -0.2) is 11.3 Å². The van der Waals surface area contributed by atoms with Crippen LogP contribution in [-0.2, 0) is 10.8 Å². The van der Waals surface area contributed by atoms with Gasteiger partial charge in [0.1, 0.15) is 0 Å². The summed E-state index contributed by atoms with van der Waals surface area (Å²) in [6.07, 6.45) is 0. The molecule has 0 amide bonds.